The highest BCUT2D eigenvalue weighted by Crippen LogP contribution is 2.01. The summed E-state index contributed by atoms with van der Waals surface area (Å²) in [6.45, 7) is 1.79. The summed E-state index contributed by atoms with van der Waals surface area (Å²) >= 11 is 0. The number of nitrogens with one attached hydrogen (secondary N) is 2. The molecule has 1 atom stereocenters. The van der Waals surface area contributed by atoms with Crippen molar-refractivity contribution >= 4 is 5.91 Å². The highest BCUT2D eigenvalue weighted by molar-refractivity contribution is 5.80. The molecule has 1 unspecified atom stereocenters. The summed E-state index contributed by atoms with van der Waals surface area (Å²) in [5.74, 6) is -0.149. The van der Waals surface area contributed by atoms with Crippen molar-refractivity contribution < 1.29 is 14.3 Å². The quantitative estimate of drug-likeness (QED) is 0.702. The fourth-order valence-corrected chi connectivity index (χ4v) is 1.32. The molecule has 0 spiro atoms. The van der Waals surface area contributed by atoms with Gasteiger partial charge in [-0.05, 0) is 0 Å². The maximum absolute atomic E-state index is 11.5. The molecule has 2 N–H and O–H groups in total. The number of carbonyl (C=O) groups excluding carboxylic acids is 1. The zero-order valence-electron chi connectivity index (χ0n) is 8.23. The Hall–Kier alpha value is -1.40. The summed E-state index contributed by atoms with van der Waals surface area (Å²) in [6, 6.07) is 0. The molecule has 1 aromatic heterocycles. The maximum Gasteiger partial charge on any atom is 0.251 e. The van der Waals surface area contributed by atoms with Gasteiger partial charge in [0.15, 0.2) is 6.10 Å². The molecule has 0 aliphatic carbocycles. The Kier molecular flexibility index (Phi) is 3.31. The van der Waals surface area contributed by atoms with Gasteiger partial charge in [0.25, 0.3) is 5.91 Å². The van der Waals surface area contributed by atoms with E-state index in [4.69, 9.17) is 9.47 Å². The van der Waals surface area contributed by atoms with Crippen LogP contribution in [0.5, 0.6) is 0 Å². The van der Waals surface area contributed by atoms with Crippen molar-refractivity contribution in [1.82, 2.24) is 15.3 Å². The number of rotatable bonds is 3. The number of carbonyl (C=O) groups is 1. The number of hydrogen-bond donors (Lipinski definition) is 2. The van der Waals surface area contributed by atoms with Gasteiger partial charge in [-0.25, -0.2) is 4.98 Å². The van der Waals surface area contributed by atoms with E-state index in [1.54, 1.807) is 12.5 Å². The molecule has 6 heteroatoms. The van der Waals surface area contributed by atoms with Gasteiger partial charge in [-0.15, -0.1) is 0 Å². The summed E-state index contributed by atoms with van der Waals surface area (Å²) in [5, 5.41) is 2.74. The fraction of sp³-hybridized carbons (Fsp3) is 0.556. The predicted molar refractivity (Wildman–Crippen MR) is 51.0 cm³/mol. The van der Waals surface area contributed by atoms with Gasteiger partial charge in [-0.2, -0.15) is 0 Å². The average Bonchev–Trinajstić information content (AvgIpc) is 2.80. The third-order valence-electron chi connectivity index (χ3n) is 2.12. The summed E-state index contributed by atoms with van der Waals surface area (Å²) in [5.41, 5.74) is 0.861. The van der Waals surface area contributed by atoms with Crippen molar-refractivity contribution in [2.45, 2.75) is 12.6 Å². The first-order chi connectivity index (χ1) is 7.36. The van der Waals surface area contributed by atoms with Crippen molar-refractivity contribution in [1.29, 1.82) is 0 Å². The van der Waals surface area contributed by atoms with Gasteiger partial charge < -0.3 is 19.8 Å². The molecule has 1 amide bonds. The molecule has 0 bridgehead atoms. The van der Waals surface area contributed by atoms with Crippen LogP contribution in [0.15, 0.2) is 12.5 Å². The van der Waals surface area contributed by atoms with Crippen LogP contribution in [-0.4, -0.2) is 41.8 Å². The molecule has 1 fully saturated rings. The van der Waals surface area contributed by atoms with Gasteiger partial charge >= 0.3 is 0 Å². The van der Waals surface area contributed by atoms with Crippen LogP contribution in [0.25, 0.3) is 0 Å². The topological polar surface area (TPSA) is 76.2 Å². The Morgan fingerprint density at radius 3 is 3.27 bits per heavy atom. The van der Waals surface area contributed by atoms with Crippen LogP contribution >= 0.6 is 0 Å². The first-order valence-corrected chi connectivity index (χ1v) is 4.80. The van der Waals surface area contributed by atoms with Crippen LogP contribution in [0.1, 0.15) is 5.69 Å². The molecule has 0 radical (unpaired) electrons. The Morgan fingerprint density at radius 1 is 1.67 bits per heavy atom. The molecule has 1 aliphatic rings. The van der Waals surface area contributed by atoms with Crippen LogP contribution in [-0.2, 0) is 20.8 Å². The Bertz CT molecular complexity index is 306. The average molecular weight is 211 g/mol. The second-order valence-corrected chi connectivity index (χ2v) is 3.23. The second kappa shape index (κ2) is 4.90. The summed E-state index contributed by atoms with van der Waals surface area (Å²) in [6.07, 6.45) is 2.75. The Labute approximate surface area is 87.0 Å². The molecule has 15 heavy (non-hydrogen) atoms. The molecule has 2 heterocycles. The van der Waals surface area contributed by atoms with Crippen LogP contribution in [0.3, 0.4) is 0 Å². The first kappa shape index (κ1) is 10.1. The van der Waals surface area contributed by atoms with E-state index in [0.29, 0.717) is 26.4 Å². The van der Waals surface area contributed by atoms with Gasteiger partial charge in [-0.1, -0.05) is 0 Å². The molecule has 2 rings (SSSR count). The van der Waals surface area contributed by atoms with Crippen molar-refractivity contribution in [3.05, 3.63) is 18.2 Å². The molecule has 6 nitrogen and oxygen atoms in total. The normalized spacial score (nSPS) is 21.2. The lowest BCUT2D eigenvalue weighted by atomic mass is 10.3. The van der Waals surface area contributed by atoms with Crippen molar-refractivity contribution in [2.24, 2.45) is 0 Å². The van der Waals surface area contributed by atoms with E-state index in [1.807, 2.05) is 0 Å². The number of aromatic amines is 1. The summed E-state index contributed by atoms with van der Waals surface area (Å²) in [7, 11) is 0. The summed E-state index contributed by atoms with van der Waals surface area (Å²) < 4.78 is 10.4. The molecule has 1 aromatic rings. The van der Waals surface area contributed by atoms with E-state index in [2.05, 4.69) is 15.3 Å². The number of hydrogen-bond acceptors (Lipinski definition) is 4. The molecular formula is C9H13N3O3. The largest absolute Gasteiger partial charge is 0.376 e. The Morgan fingerprint density at radius 2 is 2.60 bits per heavy atom. The lowest BCUT2D eigenvalue weighted by Gasteiger charge is -2.21. The van der Waals surface area contributed by atoms with Crippen molar-refractivity contribution in [3.8, 4) is 0 Å². The highest BCUT2D eigenvalue weighted by Gasteiger charge is 2.22. The van der Waals surface area contributed by atoms with Crippen LogP contribution in [0.2, 0.25) is 0 Å². The van der Waals surface area contributed by atoms with Crippen molar-refractivity contribution in [3.63, 3.8) is 0 Å². The number of nitrogens with zero attached hydrogens (tertiary/aromatic N) is 1. The lowest BCUT2D eigenvalue weighted by Crippen LogP contribution is -2.42. The predicted octanol–water partition coefficient (Wildman–Crippen LogP) is -0.559. The van der Waals surface area contributed by atoms with E-state index in [-0.39, 0.29) is 5.91 Å². The van der Waals surface area contributed by atoms with E-state index in [1.165, 1.54) is 0 Å². The van der Waals surface area contributed by atoms with Crippen LogP contribution in [0.4, 0.5) is 0 Å². The number of imidazole rings is 1. The van der Waals surface area contributed by atoms with E-state index in [0.717, 1.165) is 5.69 Å². The molecule has 1 saturated heterocycles. The fourth-order valence-electron chi connectivity index (χ4n) is 1.32. The number of aromatic nitrogens is 2. The first-order valence-electron chi connectivity index (χ1n) is 4.80. The van der Waals surface area contributed by atoms with Crippen LogP contribution < -0.4 is 5.32 Å². The molecule has 0 saturated carbocycles. The second-order valence-electron chi connectivity index (χ2n) is 3.23. The minimum absolute atomic E-state index is 0.149. The van der Waals surface area contributed by atoms with Crippen molar-refractivity contribution in [2.75, 3.05) is 19.8 Å². The maximum atomic E-state index is 11.5. The number of ether oxygens (including phenoxy) is 2. The van der Waals surface area contributed by atoms with E-state index in [9.17, 15) is 4.79 Å². The lowest BCUT2D eigenvalue weighted by molar-refractivity contribution is -0.147. The zero-order chi connectivity index (χ0) is 10.5. The molecule has 1 aliphatic heterocycles. The third-order valence-corrected chi connectivity index (χ3v) is 2.12. The number of amides is 1. The van der Waals surface area contributed by atoms with Gasteiger partial charge in [0, 0.05) is 6.20 Å². The van der Waals surface area contributed by atoms with Crippen LogP contribution in [0, 0.1) is 0 Å². The smallest absolute Gasteiger partial charge is 0.251 e. The minimum atomic E-state index is -0.485. The standard InChI is InChI=1S/C9H13N3O3/c13-9(8-5-14-1-2-15-8)11-4-7-3-10-6-12-7/h3,6,8H,1-2,4-5H2,(H,10,12)(H,11,13). The molecule has 0 aromatic carbocycles. The van der Waals surface area contributed by atoms with E-state index < -0.39 is 6.10 Å². The third kappa shape index (κ3) is 2.77. The number of H-pyrrole nitrogens is 1. The molecule has 82 valence electrons. The van der Waals surface area contributed by atoms with E-state index >= 15 is 0 Å². The monoisotopic (exact) mass is 211 g/mol. The Balaban J connectivity index is 1.76. The van der Waals surface area contributed by atoms with Gasteiger partial charge in [0.05, 0.1) is 38.4 Å². The zero-order valence-corrected chi connectivity index (χ0v) is 8.23. The minimum Gasteiger partial charge on any atom is -0.376 e. The van der Waals surface area contributed by atoms with Gasteiger partial charge in [0.1, 0.15) is 0 Å². The molecular weight excluding hydrogens is 198 g/mol. The van der Waals surface area contributed by atoms with Gasteiger partial charge in [0.2, 0.25) is 0 Å². The SMILES string of the molecule is O=C(NCc1cnc[nH]1)C1COCCO1. The summed E-state index contributed by atoms with van der Waals surface area (Å²) in [4.78, 5) is 18.3. The highest BCUT2D eigenvalue weighted by atomic mass is 16.6. The van der Waals surface area contributed by atoms with Gasteiger partial charge in [-0.3, -0.25) is 4.79 Å².